The lowest BCUT2D eigenvalue weighted by Crippen LogP contribution is -2.27. The van der Waals surface area contributed by atoms with Crippen LogP contribution in [-0.2, 0) is 6.54 Å². The zero-order chi connectivity index (χ0) is 15.4. The van der Waals surface area contributed by atoms with Crippen LogP contribution in [0.3, 0.4) is 0 Å². The van der Waals surface area contributed by atoms with E-state index in [1.54, 1.807) is 0 Å². The van der Waals surface area contributed by atoms with Crippen LogP contribution in [0.2, 0.25) is 0 Å². The molecule has 0 fully saturated rings. The average molecular weight is 290 g/mol. The summed E-state index contributed by atoms with van der Waals surface area (Å²) in [4.78, 5) is 6.87. The molecule has 0 amide bonds. The second-order valence-corrected chi connectivity index (χ2v) is 5.44. The van der Waals surface area contributed by atoms with Crippen LogP contribution < -0.4 is 10.5 Å². The van der Waals surface area contributed by atoms with E-state index in [2.05, 4.69) is 28.3 Å². The fourth-order valence-electron chi connectivity index (χ4n) is 2.50. The molecule has 1 aromatic heterocycles. The lowest BCUT2D eigenvalue weighted by Gasteiger charge is -2.18. The van der Waals surface area contributed by atoms with Gasteiger partial charge in [-0.25, -0.2) is 4.98 Å². The normalized spacial score (nSPS) is 11.7. The molecule has 0 spiro atoms. The molecule has 2 rings (SSSR count). The molecule has 5 heteroatoms. The number of para-hydroxylation sites is 1. The number of rotatable bonds is 7. The van der Waals surface area contributed by atoms with Gasteiger partial charge in [-0.15, -0.1) is 0 Å². The van der Waals surface area contributed by atoms with Crippen LogP contribution in [-0.4, -0.2) is 40.2 Å². The van der Waals surface area contributed by atoms with Crippen LogP contribution in [0.5, 0.6) is 5.75 Å². The van der Waals surface area contributed by atoms with E-state index in [1.165, 1.54) is 0 Å². The maximum Gasteiger partial charge on any atom is 0.201 e. The third kappa shape index (κ3) is 3.47. The number of hydrogen-bond donors (Lipinski definition) is 1. The van der Waals surface area contributed by atoms with Gasteiger partial charge in [0.05, 0.1) is 11.6 Å². The Morgan fingerprint density at radius 3 is 2.62 bits per heavy atom. The third-order valence-corrected chi connectivity index (χ3v) is 3.67. The molecule has 1 heterocycles. The second-order valence-electron chi connectivity index (χ2n) is 5.44. The van der Waals surface area contributed by atoms with E-state index >= 15 is 0 Å². The lowest BCUT2D eigenvalue weighted by atomic mass is 10.3. The summed E-state index contributed by atoms with van der Waals surface area (Å²) in [7, 11) is 0. The van der Waals surface area contributed by atoms with Gasteiger partial charge >= 0.3 is 0 Å². The number of nitrogens with zero attached hydrogens (tertiary/aromatic N) is 3. The second kappa shape index (κ2) is 6.80. The molecule has 1 aromatic carbocycles. The zero-order valence-electron chi connectivity index (χ0n) is 13.5. The van der Waals surface area contributed by atoms with Crippen molar-refractivity contribution in [3.05, 3.63) is 18.2 Å². The Labute approximate surface area is 126 Å². The van der Waals surface area contributed by atoms with Crippen LogP contribution in [0.25, 0.3) is 11.0 Å². The highest BCUT2D eigenvalue weighted by Gasteiger charge is 2.13. The maximum atomic E-state index is 6.10. The van der Waals surface area contributed by atoms with Crippen molar-refractivity contribution in [3.63, 3.8) is 0 Å². The first-order chi connectivity index (χ1) is 10.1. The lowest BCUT2D eigenvalue weighted by molar-refractivity contribution is 0.245. The summed E-state index contributed by atoms with van der Waals surface area (Å²) >= 11 is 0. The first kappa shape index (κ1) is 15.6. The predicted molar refractivity (Wildman–Crippen MR) is 87.7 cm³/mol. The van der Waals surface area contributed by atoms with Crippen LogP contribution in [0.15, 0.2) is 18.2 Å². The van der Waals surface area contributed by atoms with Gasteiger partial charge in [-0.05, 0) is 39.1 Å². The summed E-state index contributed by atoms with van der Waals surface area (Å²) in [6.45, 7) is 12.3. The number of hydrogen-bond acceptors (Lipinski definition) is 4. The Morgan fingerprint density at radius 2 is 2.00 bits per heavy atom. The van der Waals surface area contributed by atoms with Gasteiger partial charge in [-0.2, -0.15) is 0 Å². The molecule has 2 N–H and O–H groups in total. The number of likely N-dealkylation sites (N-methyl/N-ethyl adjacent to an activating group) is 1. The predicted octanol–water partition coefficient (Wildman–Crippen LogP) is 2.75. The van der Waals surface area contributed by atoms with Gasteiger partial charge < -0.3 is 19.9 Å². The topological polar surface area (TPSA) is 56.3 Å². The summed E-state index contributed by atoms with van der Waals surface area (Å²) in [5.74, 6) is 1.35. The molecule has 0 aliphatic rings. The quantitative estimate of drug-likeness (QED) is 0.852. The van der Waals surface area contributed by atoms with E-state index in [9.17, 15) is 0 Å². The van der Waals surface area contributed by atoms with Gasteiger partial charge in [0, 0.05) is 13.1 Å². The van der Waals surface area contributed by atoms with Crippen molar-refractivity contribution in [1.29, 1.82) is 0 Å². The molecule has 0 aliphatic carbocycles. The fraction of sp³-hybridized carbons (Fsp3) is 0.562. The summed E-state index contributed by atoms with van der Waals surface area (Å²) < 4.78 is 7.89. The number of ether oxygens (including phenoxy) is 1. The SMILES string of the molecule is CCN(CC)CCn1c(N)nc2c(OC(C)C)cccc21. The van der Waals surface area contributed by atoms with E-state index in [0.29, 0.717) is 5.95 Å². The number of anilines is 1. The highest BCUT2D eigenvalue weighted by atomic mass is 16.5. The van der Waals surface area contributed by atoms with Crippen LogP contribution in [0.4, 0.5) is 5.95 Å². The van der Waals surface area contributed by atoms with Gasteiger partial charge in [-0.3, -0.25) is 0 Å². The molecular weight excluding hydrogens is 264 g/mol. The maximum absolute atomic E-state index is 6.10. The minimum Gasteiger partial charge on any atom is -0.489 e. The number of nitrogen functional groups attached to an aromatic ring is 1. The van der Waals surface area contributed by atoms with Crippen LogP contribution in [0, 0.1) is 0 Å². The van der Waals surface area contributed by atoms with E-state index in [1.807, 2.05) is 32.0 Å². The van der Waals surface area contributed by atoms with E-state index in [4.69, 9.17) is 10.5 Å². The smallest absolute Gasteiger partial charge is 0.201 e. The number of aromatic nitrogens is 2. The first-order valence-electron chi connectivity index (χ1n) is 7.70. The van der Waals surface area contributed by atoms with Gasteiger partial charge in [0.15, 0.2) is 0 Å². The van der Waals surface area contributed by atoms with Crippen LogP contribution in [0.1, 0.15) is 27.7 Å². The number of imidazole rings is 1. The van der Waals surface area contributed by atoms with E-state index < -0.39 is 0 Å². The number of benzene rings is 1. The molecule has 2 aromatic rings. The van der Waals surface area contributed by atoms with Crippen molar-refractivity contribution in [2.24, 2.45) is 0 Å². The van der Waals surface area contributed by atoms with Crippen molar-refractivity contribution in [3.8, 4) is 5.75 Å². The highest BCUT2D eigenvalue weighted by molar-refractivity contribution is 5.84. The monoisotopic (exact) mass is 290 g/mol. The van der Waals surface area contributed by atoms with E-state index in [-0.39, 0.29) is 6.10 Å². The first-order valence-corrected chi connectivity index (χ1v) is 7.70. The van der Waals surface area contributed by atoms with Crippen molar-refractivity contribution in [1.82, 2.24) is 14.5 Å². The molecule has 0 atom stereocenters. The zero-order valence-corrected chi connectivity index (χ0v) is 13.5. The van der Waals surface area contributed by atoms with Gasteiger partial charge in [0.25, 0.3) is 0 Å². The largest absolute Gasteiger partial charge is 0.489 e. The molecule has 0 radical (unpaired) electrons. The molecule has 0 saturated carbocycles. The molecule has 0 saturated heterocycles. The van der Waals surface area contributed by atoms with Crippen molar-refractivity contribution < 1.29 is 4.74 Å². The van der Waals surface area contributed by atoms with Gasteiger partial charge in [-0.1, -0.05) is 19.9 Å². The molecular formula is C16H26N4O. The minimum absolute atomic E-state index is 0.123. The molecule has 0 aliphatic heterocycles. The molecule has 0 bridgehead atoms. The average Bonchev–Trinajstić information content (AvgIpc) is 2.77. The van der Waals surface area contributed by atoms with Crippen molar-refractivity contribution in [2.75, 3.05) is 25.4 Å². The summed E-state index contributed by atoms with van der Waals surface area (Å²) in [6.07, 6.45) is 0.123. The Hall–Kier alpha value is -1.75. The standard InChI is InChI=1S/C16H26N4O/c1-5-19(6-2)10-11-20-13-8-7-9-14(21-12(3)4)15(13)18-16(20)17/h7-9,12H,5-6,10-11H2,1-4H3,(H2,17,18). The molecule has 5 nitrogen and oxygen atoms in total. The number of fused-ring (bicyclic) bond motifs is 1. The summed E-state index contributed by atoms with van der Waals surface area (Å²) in [5.41, 5.74) is 7.99. The highest BCUT2D eigenvalue weighted by Crippen LogP contribution is 2.27. The van der Waals surface area contributed by atoms with Gasteiger partial charge in [0.1, 0.15) is 11.3 Å². The van der Waals surface area contributed by atoms with Gasteiger partial charge in [0.2, 0.25) is 5.95 Å². The minimum atomic E-state index is 0.123. The Kier molecular flexibility index (Phi) is 5.07. The molecule has 0 unspecified atom stereocenters. The Balaban J connectivity index is 2.30. The van der Waals surface area contributed by atoms with E-state index in [0.717, 1.165) is 43.0 Å². The fourth-order valence-corrected chi connectivity index (χ4v) is 2.50. The molecule has 116 valence electrons. The molecule has 21 heavy (non-hydrogen) atoms. The van der Waals surface area contributed by atoms with Crippen molar-refractivity contribution >= 4 is 17.0 Å². The third-order valence-electron chi connectivity index (χ3n) is 3.67. The number of nitrogens with two attached hydrogens (primary N) is 1. The summed E-state index contributed by atoms with van der Waals surface area (Å²) in [6, 6.07) is 5.99. The Morgan fingerprint density at radius 1 is 1.29 bits per heavy atom. The summed E-state index contributed by atoms with van der Waals surface area (Å²) in [5, 5.41) is 0. The van der Waals surface area contributed by atoms with Crippen molar-refractivity contribution in [2.45, 2.75) is 40.3 Å². The van der Waals surface area contributed by atoms with Crippen LogP contribution >= 0.6 is 0 Å². The Bertz CT molecular complexity index is 587.